The maximum Gasteiger partial charge on any atom is 0.242 e. The Hall–Kier alpha value is -1.22. The normalized spacial score (nSPS) is 12.0. The van der Waals surface area contributed by atoms with Gasteiger partial charge in [0.15, 0.2) is 0 Å². The summed E-state index contributed by atoms with van der Waals surface area (Å²) >= 11 is 6.05. The fraction of sp³-hybridized carbons (Fsp3) is 0.533. The molecule has 2 N–H and O–H groups in total. The molecule has 1 amide bonds. The predicted octanol–water partition coefficient (Wildman–Crippen LogP) is 3.76. The SMILES string of the molecule is CCCCCNC(=O)C(C)Nc1ccc(C)c(Cl)c1. The number of rotatable bonds is 7. The molecule has 0 saturated heterocycles. The van der Waals surface area contributed by atoms with Crippen molar-refractivity contribution in [1.29, 1.82) is 0 Å². The number of anilines is 1. The molecule has 0 fully saturated rings. The summed E-state index contributed by atoms with van der Waals surface area (Å²) in [5.41, 5.74) is 1.90. The third-order valence-corrected chi connectivity index (χ3v) is 3.44. The molecule has 0 aromatic heterocycles. The van der Waals surface area contributed by atoms with Crippen molar-refractivity contribution in [2.75, 3.05) is 11.9 Å². The van der Waals surface area contributed by atoms with E-state index >= 15 is 0 Å². The smallest absolute Gasteiger partial charge is 0.242 e. The van der Waals surface area contributed by atoms with Gasteiger partial charge in [0.25, 0.3) is 0 Å². The maximum absolute atomic E-state index is 11.9. The van der Waals surface area contributed by atoms with Crippen LogP contribution in [0.15, 0.2) is 18.2 Å². The van der Waals surface area contributed by atoms with Crippen molar-refractivity contribution in [3.05, 3.63) is 28.8 Å². The summed E-state index contributed by atoms with van der Waals surface area (Å²) < 4.78 is 0. The molecule has 1 unspecified atom stereocenters. The lowest BCUT2D eigenvalue weighted by Gasteiger charge is -2.15. The fourth-order valence-electron chi connectivity index (χ4n) is 1.74. The van der Waals surface area contributed by atoms with Crippen LogP contribution in [0.1, 0.15) is 38.7 Å². The molecule has 0 aliphatic rings. The molecule has 3 nitrogen and oxygen atoms in total. The first-order valence-corrected chi connectivity index (χ1v) is 7.22. The number of carbonyl (C=O) groups excluding carboxylic acids is 1. The Balaban J connectivity index is 2.42. The first kappa shape index (κ1) is 15.8. The summed E-state index contributed by atoms with van der Waals surface area (Å²) in [4.78, 5) is 11.9. The Labute approximate surface area is 120 Å². The topological polar surface area (TPSA) is 41.1 Å². The quantitative estimate of drug-likeness (QED) is 0.748. The van der Waals surface area contributed by atoms with Gasteiger partial charge in [-0.05, 0) is 38.0 Å². The number of halogens is 1. The molecule has 1 atom stereocenters. The fourth-order valence-corrected chi connectivity index (χ4v) is 1.92. The molecule has 106 valence electrons. The third kappa shape index (κ3) is 5.52. The van der Waals surface area contributed by atoms with E-state index in [4.69, 9.17) is 11.6 Å². The zero-order valence-electron chi connectivity index (χ0n) is 11.9. The highest BCUT2D eigenvalue weighted by Gasteiger charge is 2.11. The Morgan fingerprint density at radius 3 is 2.74 bits per heavy atom. The van der Waals surface area contributed by atoms with Crippen LogP contribution in [0, 0.1) is 6.92 Å². The second kappa shape index (κ2) is 8.05. The van der Waals surface area contributed by atoms with Crippen molar-refractivity contribution in [3.63, 3.8) is 0 Å². The van der Waals surface area contributed by atoms with Gasteiger partial charge in [-0.2, -0.15) is 0 Å². The highest BCUT2D eigenvalue weighted by atomic mass is 35.5. The summed E-state index contributed by atoms with van der Waals surface area (Å²) in [7, 11) is 0. The van der Waals surface area contributed by atoms with E-state index in [9.17, 15) is 4.79 Å². The highest BCUT2D eigenvalue weighted by molar-refractivity contribution is 6.31. The van der Waals surface area contributed by atoms with E-state index in [1.54, 1.807) is 0 Å². The van der Waals surface area contributed by atoms with Crippen LogP contribution in [-0.2, 0) is 4.79 Å². The van der Waals surface area contributed by atoms with E-state index in [1.807, 2.05) is 32.0 Å². The van der Waals surface area contributed by atoms with Gasteiger partial charge in [-0.1, -0.05) is 37.4 Å². The molecule has 0 heterocycles. The highest BCUT2D eigenvalue weighted by Crippen LogP contribution is 2.20. The first-order chi connectivity index (χ1) is 9.04. The van der Waals surface area contributed by atoms with E-state index in [0.717, 1.165) is 37.1 Å². The molecular weight excluding hydrogens is 260 g/mol. The van der Waals surface area contributed by atoms with Gasteiger partial charge >= 0.3 is 0 Å². The summed E-state index contributed by atoms with van der Waals surface area (Å²) in [6.07, 6.45) is 3.34. The zero-order chi connectivity index (χ0) is 14.3. The van der Waals surface area contributed by atoms with E-state index in [1.165, 1.54) is 0 Å². The van der Waals surface area contributed by atoms with E-state index in [-0.39, 0.29) is 11.9 Å². The van der Waals surface area contributed by atoms with Crippen LogP contribution in [0.25, 0.3) is 0 Å². The first-order valence-electron chi connectivity index (χ1n) is 6.85. The van der Waals surface area contributed by atoms with Gasteiger partial charge in [0, 0.05) is 17.3 Å². The van der Waals surface area contributed by atoms with Crippen LogP contribution < -0.4 is 10.6 Å². The van der Waals surface area contributed by atoms with Gasteiger partial charge in [0.1, 0.15) is 6.04 Å². The lowest BCUT2D eigenvalue weighted by Crippen LogP contribution is -2.38. The molecule has 0 radical (unpaired) electrons. The monoisotopic (exact) mass is 282 g/mol. The minimum Gasteiger partial charge on any atom is -0.374 e. The molecular formula is C15H23ClN2O. The summed E-state index contributed by atoms with van der Waals surface area (Å²) in [6, 6.07) is 5.46. The molecule has 0 aliphatic heterocycles. The average Bonchev–Trinajstić information content (AvgIpc) is 2.38. The Morgan fingerprint density at radius 2 is 2.11 bits per heavy atom. The number of unbranched alkanes of at least 4 members (excludes halogenated alkanes) is 2. The minimum atomic E-state index is -0.264. The molecule has 4 heteroatoms. The standard InChI is InChI=1S/C15H23ClN2O/c1-4-5-6-9-17-15(19)12(3)18-13-8-7-11(2)14(16)10-13/h7-8,10,12,18H,4-6,9H2,1-3H3,(H,17,19). The third-order valence-electron chi connectivity index (χ3n) is 3.03. The van der Waals surface area contributed by atoms with Crippen LogP contribution in [0.5, 0.6) is 0 Å². The van der Waals surface area contributed by atoms with E-state index < -0.39 is 0 Å². The lowest BCUT2D eigenvalue weighted by atomic mass is 10.2. The molecule has 1 rings (SSSR count). The Bertz CT molecular complexity index is 421. The van der Waals surface area contributed by atoms with Gasteiger partial charge in [-0.3, -0.25) is 4.79 Å². The van der Waals surface area contributed by atoms with Gasteiger partial charge in [-0.25, -0.2) is 0 Å². The summed E-state index contributed by atoms with van der Waals surface area (Å²) in [6.45, 7) is 6.69. The molecule has 0 saturated carbocycles. The van der Waals surface area contributed by atoms with Crippen LogP contribution in [0.4, 0.5) is 5.69 Å². The van der Waals surface area contributed by atoms with Gasteiger partial charge in [0.05, 0.1) is 0 Å². The molecule has 19 heavy (non-hydrogen) atoms. The summed E-state index contributed by atoms with van der Waals surface area (Å²) in [5.74, 6) is 0.0211. The van der Waals surface area contributed by atoms with Crippen LogP contribution in [-0.4, -0.2) is 18.5 Å². The second-order valence-electron chi connectivity index (χ2n) is 4.83. The molecule has 0 aliphatic carbocycles. The van der Waals surface area contributed by atoms with Crippen molar-refractivity contribution < 1.29 is 4.79 Å². The number of hydrogen-bond acceptors (Lipinski definition) is 2. The van der Waals surface area contributed by atoms with Crippen LogP contribution in [0.3, 0.4) is 0 Å². The molecule has 1 aromatic carbocycles. The zero-order valence-corrected chi connectivity index (χ0v) is 12.7. The number of hydrogen-bond donors (Lipinski definition) is 2. The number of amides is 1. The van der Waals surface area contributed by atoms with Crippen molar-refractivity contribution in [3.8, 4) is 0 Å². The van der Waals surface area contributed by atoms with Crippen molar-refractivity contribution in [1.82, 2.24) is 5.32 Å². The van der Waals surface area contributed by atoms with Gasteiger partial charge < -0.3 is 10.6 Å². The number of carbonyl (C=O) groups is 1. The Kier molecular flexibility index (Phi) is 6.71. The maximum atomic E-state index is 11.9. The predicted molar refractivity (Wildman–Crippen MR) is 81.8 cm³/mol. The van der Waals surface area contributed by atoms with Crippen LogP contribution >= 0.6 is 11.6 Å². The van der Waals surface area contributed by atoms with Crippen molar-refractivity contribution in [2.45, 2.75) is 46.1 Å². The molecule has 0 spiro atoms. The number of nitrogens with one attached hydrogen (secondary N) is 2. The van der Waals surface area contributed by atoms with Crippen molar-refractivity contribution in [2.24, 2.45) is 0 Å². The minimum absolute atomic E-state index is 0.0211. The lowest BCUT2D eigenvalue weighted by molar-refractivity contribution is -0.121. The average molecular weight is 283 g/mol. The van der Waals surface area contributed by atoms with Crippen LogP contribution in [0.2, 0.25) is 5.02 Å². The van der Waals surface area contributed by atoms with Gasteiger partial charge in [-0.15, -0.1) is 0 Å². The Morgan fingerprint density at radius 1 is 1.37 bits per heavy atom. The van der Waals surface area contributed by atoms with Gasteiger partial charge in [0.2, 0.25) is 5.91 Å². The number of aryl methyl sites for hydroxylation is 1. The molecule has 1 aromatic rings. The van der Waals surface area contributed by atoms with Crippen molar-refractivity contribution >= 4 is 23.2 Å². The van der Waals surface area contributed by atoms with E-state index in [2.05, 4.69) is 17.6 Å². The van der Waals surface area contributed by atoms with E-state index in [0.29, 0.717) is 5.02 Å². The second-order valence-corrected chi connectivity index (χ2v) is 5.24. The molecule has 0 bridgehead atoms. The number of benzene rings is 1. The summed E-state index contributed by atoms with van der Waals surface area (Å²) in [5, 5.41) is 6.79. The largest absolute Gasteiger partial charge is 0.374 e.